The maximum Gasteiger partial charge on any atom is 0.167 e. The second-order valence-electron chi connectivity index (χ2n) is 5.18. The third kappa shape index (κ3) is 3.93. The summed E-state index contributed by atoms with van der Waals surface area (Å²) in [6, 6.07) is 7.41. The molecule has 0 radical (unpaired) electrons. The van der Waals surface area contributed by atoms with Crippen LogP contribution in [0.15, 0.2) is 36.4 Å². The molecule has 1 atom stereocenters. The van der Waals surface area contributed by atoms with Crippen LogP contribution in [0.4, 0.5) is 0 Å². The lowest BCUT2D eigenvalue weighted by atomic mass is 9.91. The van der Waals surface area contributed by atoms with Crippen molar-refractivity contribution < 1.29 is 9.53 Å². The molecular formula is C16H21NO2. The Kier molecular flexibility index (Phi) is 4.74. The Morgan fingerprint density at radius 2 is 2.16 bits per heavy atom. The van der Waals surface area contributed by atoms with Crippen LogP contribution in [-0.4, -0.2) is 25.5 Å². The third-order valence-electron chi connectivity index (χ3n) is 3.29. The molecule has 1 unspecified atom stereocenters. The summed E-state index contributed by atoms with van der Waals surface area (Å²) >= 11 is 0. The van der Waals surface area contributed by atoms with Gasteiger partial charge in [0.1, 0.15) is 12.4 Å². The summed E-state index contributed by atoms with van der Waals surface area (Å²) in [4.78, 5) is 12.3. The molecule has 0 spiro atoms. The van der Waals surface area contributed by atoms with Crippen LogP contribution in [0, 0.1) is 5.92 Å². The van der Waals surface area contributed by atoms with Crippen molar-refractivity contribution in [3.8, 4) is 5.75 Å². The molecule has 102 valence electrons. The number of carbonyl (C=O) groups is 1. The highest BCUT2D eigenvalue weighted by Crippen LogP contribution is 2.19. The molecule has 1 N–H and O–H groups in total. The van der Waals surface area contributed by atoms with Gasteiger partial charge in [0.15, 0.2) is 5.78 Å². The number of benzene rings is 1. The predicted molar refractivity (Wildman–Crippen MR) is 76.7 cm³/mol. The Balaban J connectivity index is 1.97. The minimum absolute atomic E-state index is 0.121. The summed E-state index contributed by atoms with van der Waals surface area (Å²) in [5, 5.41) is 3.27. The zero-order chi connectivity index (χ0) is 13.7. The number of piperidine rings is 1. The SMILES string of the molecule is C=C(C)COc1ccc(C(=O)C2CCCNC2)cc1. The van der Waals surface area contributed by atoms with Gasteiger partial charge in [0.25, 0.3) is 0 Å². The van der Waals surface area contributed by atoms with Crippen LogP contribution in [-0.2, 0) is 0 Å². The number of hydrogen-bond donors (Lipinski definition) is 1. The minimum atomic E-state index is 0.121. The average Bonchev–Trinajstić information content (AvgIpc) is 2.46. The number of Topliss-reactive ketones (excluding diaryl/α,β-unsaturated/α-hetero) is 1. The zero-order valence-electron chi connectivity index (χ0n) is 11.4. The standard InChI is InChI=1S/C16H21NO2/c1-12(2)11-19-15-7-5-13(6-8-15)16(18)14-4-3-9-17-10-14/h5-8,14,17H,1,3-4,9-11H2,2H3. The second-order valence-corrected chi connectivity index (χ2v) is 5.18. The molecule has 2 rings (SSSR count). The summed E-state index contributed by atoms with van der Waals surface area (Å²) in [5.74, 6) is 1.14. The first-order valence-corrected chi connectivity index (χ1v) is 6.79. The monoisotopic (exact) mass is 259 g/mol. The minimum Gasteiger partial charge on any atom is -0.489 e. The maximum atomic E-state index is 12.3. The molecule has 0 aliphatic carbocycles. The van der Waals surface area contributed by atoms with Crippen LogP contribution < -0.4 is 10.1 Å². The van der Waals surface area contributed by atoms with E-state index in [1.807, 2.05) is 31.2 Å². The first kappa shape index (κ1) is 13.8. The first-order chi connectivity index (χ1) is 9.16. The molecule has 0 saturated carbocycles. The van der Waals surface area contributed by atoms with Crippen LogP contribution in [0.3, 0.4) is 0 Å². The molecular weight excluding hydrogens is 238 g/mol. The Hall–Kier alpha value is -1.61. The molecule has 3 heteroatoms. The highest BCUT2D eigenvalue weighted by Gasteiger charge is 2.21. The predicted octanol–water partition coefficient (Wildman–Crippen LogP) is 2.82. The van der Waals surface area contributed by atoms with Gasteiger partial charge in [0, 0.05) is 18.0 Å². The van der Waals surface area contributed by atoms with Crippen molar-refractivity contribution in [1.29, 1.82) is 0 Å². The number of hydrogen-bond acceptors (Lipinski definition) is 3. The van der Waals surface area contributed by atoms with Crippen LogP contribution in [0.2, 0.25) is 0 Å². The van der Waals surface area contributed by atoms with E-state index in [1.54, 1.807) is 0 Å². The molecule has 3 nitrogen and oxygen atoms in total. The van der Waals surface area contributed by atoms with E-state index in [-0.39, 0.29) is 11.7 Å². The number of carbonyl (C=O) groups excluding carboxylic acids is 1. The van der Waals surface area contributed by atoms with Gasteiger partial charge in [-0.3, -0.25) is 4.79 Å². The Morgan fingerprint density at radius 1 is 1.42 bits per heavy atom. The first-order valence-electron chi connectivity index (χ1n) is 6.79. The van der Waals surface area contributed by atoms with Crippen LogP contribution in [0.1, 0.15) is 30.1 Å². The summed E-state index contributed by atoms with van der Waals surface area (Å²) in [7, 11) is 0. The van der Waals surface area contributed by atoms with Gasteiger partial charge >= 0.3 is 0 Å². The largest absolute Gasteiger partial charge is 0.489 e. The van der Waals surface area contributed by atoms with Crippen molar-refractivity contribution >= 4 is 5.78 Å². The molecule has 1 aliphatic rings. The van der Waals surface area contributed by atoms with Gasteiger partial charge in [-0.15, -0.1) is 0 Å². The van der Waals surface area contributed by atoms with E-state index < -0.39 is 0 Å². The van der Waals surface area contributed by atoms with Crippen LogP contribution >= 0.6 is 0 Å². The highest BCUT2D eigenvalue weighted by atomic mass is 16.5. The molecule has 0 aromatic heterocycles. The van der Waals surface area contributed by atoms with Crippen molar-refractivity contribution in [2.75, 3.05) is 19.7 Å². The Labute approximate surface area is 114 Å². The van der Waals surface area contributed by atoms with E-state index in [2.05, 4.69) is 11.9 Å². The van der Waals surface area contributed by atoms with Crippen molar-refractivity contribution in [3.63, 3.8) is 0 Å². The molecule has 1 aliphatic heterocycles. The van der Waals surface area contributed by atoms with Crippen molar-refractivity contribution in [3.05, 3.63) is 42.0 Å². The second kappa shape index (κ2) is 6.53. The Bertz CT molecular complexity index is 444. The van der Waals surface area contributed by atoms with Crippen LogP contribution in [0.25, 0.3) is 0 Å². The normalized spacial score (nSPS) is 18.9. The van der Waals surface area contributed by atoms with E-state index >= 15 is 0 Å². The van der Waals surface area contributed by atoms with E-state index in [0.717, 1.165) is 42.8 Å². The van der Waals surface area contributed by atoms with E-state index in [9.17, 15) is 4.79 Å². The fourth-order valence-electron chi connectivity index (χ4n) is 2.23. The fourth-order valence-corrected chi connectivity index (χ4v) is 2.23. The van der Waals surface area contributed by atoms with Gasteiger partial charge in [-0.05, 0) is 56.1 Å². The van der Waals surface area contributed by atoms with Gasteiger partial charge in [-0.1, -0.05) is 6.58 Å². The molecule has 0 bridgehead atoms. The van der Waals surface area contributed by atoms with Crippen molar-refractivity contribution in [1.82, 2.24) is 5.32 Å². The molecule has 1 saturated heterocycles. The highest BCUT2D eigenvalue weighted by molar-refractivity contribution is 5.98. The lowest BCUT2D eigenvalue weighted by molar-refractivity contribution is 0.0899. The summed E-state index contributed by atoms with van der Waals surface area (Å²) in [5.41, 5.74) is 1.75. The number of ketones is 1. The smallest absolute Gasteiger partial charge is 0.167 e. The van der Waals surface area contributed by atoms with Gasteiger partial charge in [0.2, 0.25) is 0 Å². The Morgan fingerprint density at radius 3 is 2.74 bits per heavy atom. The molecule has 1 fully saturated rings. The van der Waals surface area contributed by atoms with Crippen LogP contribution in [0.5, 0.6) is 5.75 Å². The van der Waals surface area contributed by atoms with Gasteiger partial charge in [-0.25, -0.2) is 0 Å². The molecule has 1 aromatic rings. The zero-order valence-corrected chi connectivity index (χ0v) is 11.4. The number of nitrogens with one attached hydrogen (secondary N) is 1. The lowest BCUT2D eigenvalue weighted by Gasteiger charge is -2.21. The molecule has 19 heavy (non-hydrogen) atoms. The fraction of sp³-hybridized carbons (Fsp3) is 0.438. The van der Waals surface area contributed by atoms with Gasteiger partial charge in [0.05, 0.1) is 0 Å². The summed E-state index contributed by atoms with van der Waals surface area (Å²) in [6.45, 7) is 8.05. The lowest BCUT2D eigenvalue weighted by Crippen LogP contribution is -2.34. The van der Waals surface area contributed by atoms with Crippen molar-refractivity contribution in [2.24, 2.45) is 5.92 Å². The van der Waals surface area contributed by atoms with E-state index in [4.69, 9.17) is 4.74 Å². The quantitative estimate of drug-likeness (QED) is 0.652. The number of ether oxygens (including phenoxy) is 1. The maximum absolute atomic E-state index is 12.3. The molecule has 1 heterocycles. The van der Waals surface area contributed by atoms with Gasteiger partial charge in [-0.2, -0.15) is 0 Å². The summed E-state index contributed by atoms with van der Waals surface area (Å²) in [6.07, 6.45) is 2.07. The number of rotatable bonds is 5. The molecule has 1 aromatic carbocycles. The topological polar surface area (TPSA) is 38.3 Å². The third-order valence-corrected chi connectivity index (χ3v) is 3.29. The molecule has 0 amide bonds. The summed E-state index contributed by atoms with van der Waals surface area (Å²) < 4.78 is 5.52. The van der Waals surface area contributed by atoms with E-state index in [1.165, 1.54) is 0 Å². The average molecular weight is 259 g/mol. The van der Waals surface area contributed by atoms with Crippen molar-refractivity contribution in [2.45, 2.75) is 19.8 Å². The van der Waals surface area contributed by atoms with Gasteiger partial charge < -0.3 is 10.1 Å². The van der Waals surface area contributed by atoms with E-state index in [0.29, 0.717) is 6.61 Å².